The summed E-state index contributed by atoms with van der Waals surface area (Å²) in [6, 6.07) is 8.25. The molecule has 0 saturated heterocycles. The lowest BCUT2D eigenvalue weighted by Crippen LogP contribution is -2.45. The molecular formula is C19H19N3O3. The summed E-state index contributed by atoms with van der Waals surface area (Å²) in [6.07, 6.45) is 3.34. The number of hydrogen-bond donors (Lipinski definition) is 1. The first-order chi connectivity index (χ1) is 11.8. The van der Waals surface area contributed by atoms with Gasteiger partial charge in [0.05, 0.1) is 11.1 Å². The van der Waals surface area contributed by atoms with Gasteiger partial charge >= 0.3 is 0 Å². The molecule has 25 heavy (non-hydrogen) atoms. The third kappa shape index (κ3) is 3.15. The smallest absolute Gasteiger partial charge is 0.262 e. The third-order valence-corrected chi connectivity index (χ3v) is 4.00. The van der Waals surface area contributed by atoms with Gasteiger partial charge in [-0.25, -0.2) is 0 Å². The highest BCUT2D eigenvalue weighted by Gasteiger charge is 2.42. The summed E-state index contributed by atoms with van der Waals surface area (Å²) in [5.74, 6) is -0.995. The van der Waals surface area contributed by atoms with Gasteiger partial charge in [0.15, 0.2) is 0 Å². The van der Waals surface area contributed by atoms with E-state index in [1.54, 1.807) is 51.4 Å². The van der Waals surface area contributed by atoms with Crippen LogP contribution in [0.4, 0.5) is 0 Å². The Morgan fingerprint density at radius 1 is 1.12 bits per heavy atom. The van der Waals surface area contributed by atoms with E-state index in [-0.39, 0.29) is 23.3 Å². The molecule has 3 amide bonds. The Balaban J connectivity index is 1.81. The monoisotopic (exact) mass is 337 g/mol. The molecule has 0 unspecified atom stereocenters. The summed E-state index contributed by atoms with van der Waals surface area (Å²) in [5.41, 5.74) is 1.22. The van der Waals surface area contributed by atoms with Crippen molar-refractivity contribution in [3.8, 4) is 0 Å². The second-order valence-corrected chi connectivity index (χ2v) is 6.92. The molecule has 3 rings (SSSR count). The number of nitrogens with zero attached hydrogens (tertiary/aromatic N) is 2. The van der Waals surface area contributed by atoms with Gasteiger partial charge in [0, 0.05) is 30.0 Å². The standard InChI is InChI=1S/C19H19N3O3/c1-19(2,3)22-17(24)14-7-6-13(9-15(14)18(22)25)16(23)21-11-12-5-4-8-20-10-12/h4-10H,11H2,1-3H3,(H,21,23). The SMILES string of the molecule is CC(C)(C)N1C(=O)c2ccc(C(=O)NCc3cccnc3)cc2C1=O. The first-order valence-electron chi connectivity index (χ1n) is 7.99. The minimum absolute atomic E-state index is 0.272. The number of benzene rings is 1. The van der Waals surface area contributed by atoms with Gasteiger partial charge in [-0.1, -0.05) is 6.07 Å². The highest BCUT2D eigenvalue weighted by atomic mass is 16.2. The van der Waals surface area contributed by atoms with E-state index >= 15 is 0 Å². The number of aromatic nitrogens is 1. The van der Waals surface area contributed by atoms with Crippen LogP contribution in [0.2, 0.25) is 0 Å². The molecule has 0 bridgehead atoms. The van der Waals surface area contributed by atoms with Crippen LogP contribution < -0.4 is 5.32 Å². The zero-order valence-corrected chi connectivity index (χ0v) is 14.4. The van der Waals surface area contributed by atoms with Crippen LogP contribution in [0.1, 0.15) is 57.4 Å². The second-order valence-electron chi connectivity index (χ2n) is 6.92. The van der Waals surface area contributed by atoms with Gasteiger partial charge < -0.3 is 5.32 Å². The van der Waals surface area contributed by atoms with Crippen molar-refractivity contribution in [3.63, 3.8) is 0 Å². The number of hydrogen-bond acceptors (Lipinski definition) is 4. The van der Waals surface area contributed by atoms with E-state index in [2.05, 4.69) is 10.3 Å². The number of rotatable bonds is 3. The maximum atomic E-state index is 12.6. The highest BCUT2D eigenvalue weighted by molar-refractivity contribution is 6.22. The van der Waals surface area contributed by atoms with Crippen molar-refractivity contribution in [3.05, 3.63) is 65.0 Å². The Bertz CT molecular complexity index is 854. The summed E-state index contributed by atoms with van der Waals surface area (Å²) >= 11 is 0. The molecule has 1 aromatic carbocycles. The first kappa shape index (κ1) is 16.8. The van der Waals surface area contributed by atoms with E-state index < -0.39 is 5.54 Å². The summed E-state index contributed by atoms with van der Waals surface area (Å²) in [5, 5.41) is 2.79. The van der Waals surface area contributed by atoms with Gasteiger partial charge in [-0.15, -0.1) is 0 Å². The fraction of sp³-hybridized carbons (Fsp3) is 0.263. The van der Waals surface area contributed by atoms with Crippen molar-refractivity contribution in [2.45, 2.75) is 32.9 Å². The zero-order chi connectivity index (χ0) is 18.2. The van der Waals surface area contributed by atoms with Crippen molar-refractivity contribution in [2.24, 2.45) is 0 Å². The van der Waals surface area contributed by atoms with E-state index in [1.165, 1.54) is 11.0 Å². The molecule has 0 aliphatic carbocycles. The largest absolute Gasteiger partial charge is 0.348 e. The van der Waals surface area contributed by atoms with Crippen LogP contribution in [0.5, 0.6) is 0 Å². The lowest BCUT2D eigenvalue weighted by molar-refractivity contribution is 0.0507. The second kappa shape index (κ2) is 6.12. The maximum Gasteiger partial charge on any atom is 0.262 e. The summed E-state index contributed by atoms with van der Waals surface area (Å²) in [4.78, 5) is 42.6. The van der Waals surface area contributed by atoms with Gasteiger partial charge in [0.2, 0.25) is 0 Å². The number of fused-ring (bicyclic) bond motifs is 1. The van der Waals surface area contributed by atoms with Crippen LogP contribution in [0.3, 0.4) is 0 Å². The van der Waals surface area contributed by atoms with E-state index in [4.69, 9.17) is 0 Å². The molecule has 0 fully saturated rings. The molecule has 0 atom stereocenters. The van der Waals surface area contributed by atoms with Gasteiger partial charge in [-0.2, -0.15) is 0 Å². The average molecular weight is 337 g/mol. The summed E-state index contributed by atoms with van der Waals surface area (Å²) in [6.45, 7) is 5.74. The van der Waals surface area contributed by atoms with Gasteiger partial charge in [0.1, 0.15) is 0 Å². The fourth-order valence-corrected chi connectivity index (χ4v) is 2.78. The molecule has 1 aromatic heterocycles. The van der Waals surface area contributed by atoms with E-state index in [0.29, 0.717) is 17.7 Å². The number of imide groups is 1. The Morgan fingerprint density at radius 2 is 1.84 bits per heavy atom. The molecule has 2 heterocycles. The van der Waals surface area contributed by atoms with Crippen molar-refractivity contribution in [2.75, 3.05) is 0 Å². The maximum absolute atomic E-state index is 12.6. The number of carbonyl (C=O) groups excluding carboxylic acids is 3. The fourth-order valence-electron chi connectivity index (χ4n) is 2.78. The Morgan fingerprint density at radius 3 is 2.48 bits per heavy atom. The molecule has 0 saturated carbocycles. The molecular weight excluding hydrogens is 318 g/mol. The highest BCUT2D eigenvalue weighted by Crippen LogP contribution is 2.29. The lowest BCUT2D eigenvalue weighted by atomic mass is 10.1. The number of amides is 3. The molecule has 128 valence electrons. The minimum atomic E-state index is -0.615. The molecule has 0 spiro atoms. The Hall–Kier alpha value is -3.02. The Kier molecular flexibility index (Phi) is 4.12. The first-order valence-corrected chi connectivity index (χ1v) is 7.99. The van der Waals surface area contributed by atoms with Gasteiger partial charge in [0.25, 0.3) is 17.7 Å². The van der Waals surface area contributed by atoms with Crippen LogP contribution in [-0.2, 0) is 6.54 Å². The predicted molar refractivity (Wildman–Crippen MR) is 92.1 cm³/mol. The predicted octanol–water partition coefficient (Wildman–Crippen LogP) is 2.41. The van der Waals surface area contributed by atoms with Crippen LogP contribution in [0.25, 0.3) is 0 Å². The molecule has 1 N–H and O–H groups in total. The van der Waals surface area contributed by atoms with Crippen molar-refractivity contribution in [1.29, 1.82) is 0 Å². The van der Waals surface area contributed by atoms with Crippen LogP contribution >= 0.6 is 0 Å². The molecule has 0 radical (unpaired) electrons. The molecule has 1 aliphatic rings. The Labute approximate surface area is 145 Å². The van der Waals surface area contributed by atoms with E-state index in [1.807, 2.05) is 6.07 Å². The number of pyridine rings is 1. The molecule has 2 aromatic rings. The van der Waals surface area contributed by atoms with Crippen molar-refractivity contribution in [1.82, 2.24) is 15.2 Å². The summed E-state index contributed by atoms with van der Waals surface area (Å²) in [7, 11) is 0. The van der Waals surface area contributed by atoms with E-state index in [0.717, 1.165) is 5.56 Å². The normalized spacial score (nSPS) is 13.8. The van der Waals surface area contributed by atoms with E-state index in [9.17, 15) is 14.4 Å². The number of carbonyl (C=O) groups is 3. The molecule has 6 heteroatoms. The lowest BCUT2D eigenvalue weighted by Gasteiger charge is -2.29. The van der Waals surface area contributed by atoms with Crippen LogP contribution in [0.15, 0.2) is 42.7 Å². The molecule has 6 nitrogen and oxygen atoms in total. The third-order valence-electron chi connectivity index (χ3n) is 4.00. The minimum Gasteiger partial charge on any atom is -0.348 e. The average Bonchev–Trinajstić information content (AvgIpc) is 2.84. The van der Waals surface area contributed by atoms with Gasteiger partial charge in [-0.05, 0) is 50.6 Å². The van der Waals surface area contributed by atoms with Crippen LogP contribution in [-0.4, -0.2) is 33.1 Å². The van der Waals surface area contributed by atoms with Crippen LogP contribution in [0, 0.1) is 0 Å². The number of nitrogens with one attached hydrogen (secondary N) is 1. The van der Waals surface area contributed by atoms with Gasteiger partial charge in [-0.3, -0.25) is 24.3 Å². The topological polar surface area (TPSA) is 79.4 Å². The van der Waals surface area contributed by atoms with Crippen molar-refractivity contribution < 1.29 is 14.4 Å². The summed E-state index contributed by atoms with van der Waals surface area (Å²) < 4.78 is 0. The molecule has 1 aliphatic heterocycles. The zero-order valence-electron chi connectivity index (χ0n) is 14.4. The quantitative estimate of drug-likeness (QED) is 0.872. The van der Waals surface area contributed by atoms with Crippen molar-refractivity contribution >= 4 is 17.7 Å².